The first-order chi connectivity index (χ1) is 8.27. The van der Waals surface area contributed by atoms with Crippen LogP contribution in [-0.2, 0) is 0 Å². The molecule has 0 radical (unpaired) electrons. The summed E-state index contributed by atoms with van der Waals surface area (Å²) in [6.45, 7) is 2.58. The summed E-state index contributed by atoms with van der Waals surface area (Å²) in [6, 6.07) is 3.57. The molecule has 0 saturated heterocycles. The summed E-state index contributed by atoms with van der Waals surface area (Å²) >= 11 is 0. The van der Waals surface area contributed by atoms with Gasteiger partial charge in [-0.05, 0) is 30.5 Å². The van der Waals surface area contributed by atoms with Crippen LogP contribution in [0, 0.1) is 0 Å². The fourth-order valence-corrected chi connectivity index (χ4v) is 1.51. The van der Waals surface area contributed by atoms with Gasteiger partial charge in [0.15, 0.2) is 0 Å². The molecule has 0 fully saturated rings. The lowest BCUT2D eigenvalue weighted by Gasteiger charge is -2.17. The van der Waals surface area contributed by atoms with Gasteiger partial charge < -0.3 is 15.7 Å². The second kappa shape index (κ2) is 7.62. The number of rotatable bonds is 6. The van der Waals surface area contributed by atoms with E-state index in [1.54, 1.807) is 12.4 Å². The molecular formula is C12H19N3O2. The van der Waals surface area contributed by atoms with Gasteiger partial charge in [-0.15, -0.1) is 0 Å². The second-order valence-electron chi connectivity index (χ2n) is 3.72. The first-order valence-corrected chi connectivity index (χ1v) is 5.83. The lowest BCUT2D eigenvalue weighted by Crippen LogP contribution is -2.38. The minimum absolute atomic E-state index is 0.00729. The Morgan fingerprint density at radius 2 is 2.18 bits per heavy atom. The van der Waals surface area contributed by atoms with E-state index in [9.17, 15) is 4.79 Å². The van der Waals surface area contributed by atoms with Crippen molar-refractivity contribution in [2.75, 3.05) is 13.2 Å². The summed E-state index contributed by atoms with van der Waals surface area (Å²) in [5, 5.41) is 14.2. The summed E-state index contributed by atoms with van der Waals surface area (Å²) in [7, 11) is 0. The molecule has 0 aliphatic rings. The highest BCUT2D eigenvalue weighted by atomic mass is 16.3. The molecule has 0 aliphatic carbocycles. The molecule has 0 spiro atoms. The van der Waals surface area contributed by atoms with Crippen molar-refractivity contribution in [1.29, 1.82) is 0 Å². The summed E-state index contributed by atoms with van der Waals surface area (Å²) in [6.07, 6.45) is 4.81. The minimum Gasteiger partial charge on any atom is -0.396 e. The number of carbonyl (C=O) groups is 1. The van der Waals surface area contributed by atoms with E-state index in [2.05, 4.69) is 15.6 Å². The molecule has 94 valence electrons. The zero-order chi connectivity index (χ0) is 12.5. The van der Waals surface area contributed by atoms with Gasteiger partial charge in [0.1, 0.15) is 0 Å². The van der Waals surface area contributed by atoms with Crippen LogP contribution in [0.2, 0.25) is 0 Å². The fraction of sp³-hybridized carbons (Fsp3) is 0.500. The van der Waals surface area contributed by atoms with E-state index in [0.717, 1.165) is 12.0 Å². The quantitative estimate of drug-likeness (QED) is 0.651. The SMILES string of the molecule is CCC(NC(=O)NCCCO)c1ccncc1. The molecule has 2 amide bonds. The van der Waals surface area contributed by atoms with Crippen molar-refractivity contribution in [3.8, 4) is 0 Å². The minimum atomic E-state index is -0.206. The van der Waals surface area contributed by atoms with E-state index in [4.69, 9.17) is 5.11 Å². The number of aliphatic hydroxyl groups is 1. The van der Waals surface area contributed by atoms with Gasteiger partial charge in [0, 0.05) is 25.5 Å². The van der Waals surface area contributed by atoms with Crippen molar-refractivity contribution in [3.05, 3.63) is 30.1 Å². The molecule has 17 heavy (non-hydrogen) atoms. The lowest BCUT2D eigenvalue weighted by atomic mass is 10.1. The molecule has 5 heteroatoms. The van der Waals surface area contributed by atoms with Crippen molar-refractivity contribution in [2.45, 2.75) is 25.8 Å². The standard InChI is InChI=1S/C12H19N3O2/c1-2-11(10-4-7-13-8-5-10)15-12(17)14-6-3-9-16/h4-5,7-8,11,16H,2-3,6,9H2,1H3,(H2,14,15,17). The van der Waals surface area contributed by atoms with Crippen molar-refractivity contribution < 1.29 is 9.90 Å². The molecule has 5 nitrogen and oxygen atoms in total. The molecular weight excluding hydrogens is 218 g/mol. The molecule has 1 atom stereocenters. The van der Waals surface area contributed by atoms with Gasteiger partial charge in [0.25, 0.3) is 0 Å². The highest BCUT2D eigenvalue weighted by molar-refractivity contribution is 5.74. The van der Waals surface area contributed by atoms with E-state index < -0.39 is 0 Å². The summed E-state index contributed by atoms with van der Waals surface area (Å²) in [5.74, 6) is 0. The smallest absolute Gasteiger partial charge is 0.315 e. The van der Waals surface area contributed by atoms with Crippen LogP contribution in [-0.4, -0.2) is 29.3 Å². The Kier molecular flexibility index (Phi) is 6.03. The van der Waals surface area contributed by atoms with Gasteiger partial charge in [0.2, 0.25) is 0 Å². The van der Waals surface area contributed by atoms with Gasteiger partial charge >= 0.3 is 6.03 Å². The zero-order valence-corrected chi connectivity index (χ0v) is 10.0. The van der Waals surface area contributed by atoms with Crippen LogP contribution in [0.3, 0.4) is 0 Å². The largest absolute Gasteiger partial charge is 0.396 e. The van der Waals surface area contributed by atoms with Crippen molar-refractivity contribution in [1.82, 2.24) is 15.6 Å². The van der Waals surface area contributed by atoms with Crippen LogP contribution in [0.4, 0.5) is 4.79 Å². The first kappa shape index (κ1) is 13.4. The number of hydrogen-bond acceptors (Lipinski definition) is 3. The van der Waals surface area contributed by atoms with Crippen LogP contribution in [0.15, 0.2) is 24.5 Å². The topological polar surface area (TPSA) is 74.2 Å². The van der Waals surface area contributed by atoms with E-state index in [1.165, 1.54) is 0 Å². The van der Waals surface area contributed by atoms with Gasteiger partial charge in [-0.25, -0.2) is 4.79 Å². The number of hydrogen-bond donors (Lipinski definition) is 3. The number of urea groups is 1. The maximum atomic E-state index is 11.5. The maximum absolute atomic E-state index is 11.5. The number of amides is 2. The van der Waals surface area contributed by atoms with Crippen LogP contribution in [0.5, 0.6) is 0 Å². The molecule has 1 aromatic rings. The number of nitrogens with zero attached hydrogens (tertiary/aromatic N) is 1. The average molecular weight is 237 g/mol. The third-order valence-corrected chi connectivity index (χ3v) is 2.44. The Bertz CT molecular complexity index is 330. The molecule has 1 rings (SSSR count). The van der Waals surface area contributed by atoms with Gasteiger partial charge in [-0.2, -0.15) is 0 Å². The number of pyridine rings is 1. The molecule has 0 aliphatic heterocycles. The van der Waals surface area contributed by atoms with Crippen LogP contribution in [0.1, 0.15) is 31.4 Å². The van der Waals surface area contributed by atoms with E-state index in [1.807, 2.05) is 19.1 Å². The summed E-state index contributed by atoms with van der Waals surface area (Å²) < 4.78 is 0. The van der Waals surface area contributed by atoms with E-state index in [-0.39, 0.29) is 18.7 Å². The average Bonchev–Trinajstić information content (AvgIpc) is 2.37. The molecule has 1 aromatic heterocycles. The van der Waals surface area contributed by atoms with E-state index in [0.29, 0.717) is 13.0 Å². The predicted molar refractivity (Wildman–Crippen MR) is 65.5 cm³/mol. The highest BCUT2D eigenvalue weighted by Gasteiger charge is 2.11. The van der Waals surface area contributed by atoms with Crippen molar-refractivity contribution >= 4 is 6.03 Å². The lowest BCUT2D eigenvalue weighted by molar-refractivity contribution is 0.234. The zero-order valence-electron chi connectivity index (χ0n) is 10.0. The third kappa shape index (κ3) is 4.82. The monoisotopic (exact) mass is 237 g/mol. The Hall–Kier alpha value is -1.62. The molecule has 3 N–H and O–H groups in total. The molecule has 1 unspecified atom stereocenters. The molecule has 1 heterocycles. The highest BCUT2D eigenvalue weighted by Crippen LogP contribution is 2.14. The molecule has 0 saturated carbocycles. The van der Waals surface area contributed by atoms with Gasteiger partial charge in [-0.1, -0.05) is 6.92 Å². The van der Waals surface area contributed by atoms with E-state index >= 15 is 0 Å². The third-order valence-electron chi connectivity index (χ3n) is 2.44. The Labute approximate surface area is 101 Å². The maximum Gasteiger partial charge on any atom is 0.315 e. The Morgan fingerprint density at radius 3 is 2.76 bits per heavy atom. The first-order valence-electron chi connectivity index (χ1n) is 5.83. The number of nitrogens with one attached hydrogen (secondary N) is 2. The van der Waals surface area contributed by atoms with Crippen molar-refractivity contribution in [2.24, 2.45) is 0 Å². The van der Waals surface area contributed by atoms with Crippen LogP contribution >= 0.6 is 0 Å². The number of aliphatic hydroxyl groups excluding tert-OH is 1. The Morgan fingerprint density at radius 1 is 1.47 bits per heavy atom. The predicted octanol–water partition coefficient (Wildman–Crippen LogP) is 1.21. The normalized spacial score (nSPS) is 11.9. The number of carbonyl (C=O) groups excluding carboxylic acids is 1. The van der Waals surface area contributed by atoms with Crippen molar-refractivity contribution in [3.63, 3.8) is 0 Å². The summed E-state index contributed by atoms with van der Waals surface area (Å²) in [4.78, 5) is 15.5. The Balaban J connectivity index is 2.44. The molecule has 0 aromatic carbocycles. The van der Waals surface area contributed by atoms with Gasteiger partial charge in [0.05, 0.1) is 6.04 Å². The molecule has 0 bridgehead atoms. The summed E-state index contributed by atoms with van der Waals surface area (Å²) in [5.41, 5.74) is 1.04. The second-order valence-corrected chi connectivity index (χ2v) is 3.72. The van der Waals surface area contributed by atoms with Crippen LogP contribution in [0.25, 0.3) is 0 Å². The van der Waals surface area contributed by atoms with Crippen LogP contribution < -0.4 is 10.6 Å². The van der Waals surface area contributed by atoms with Gasteiger partial charge in [-0.3, -0.25) is 4.98 Å². The fourth-order valence-electron chi connectivity index (χ4n) is 1.51. The number of aromatic nitrogens is 1.